The van der Waals surface area contributed by atoms with Gasteiger partial charge in [0, 0.05) is 88.1 Å². The van der Waals surface area contributed by atoms with E-state index in [4.69, 9.17) is 4.42 Å². The van der Waals surface area contributed by atoms with Crippen LogP contribution in [0.3, 0.4) is 0 Å². The van der Waals surface area contributed by atoms with Crippen LogP contribution in [0.5, 0.6) is 0 Å². The van der Waals surface area contributed by atoms with Crippen LogP contribution in [-0.4, -0.2) is 83.6 Å². The van der Waals surface area contributed by atoms with Gasteiger partial charge in [0.05, 0.1) is 22.4 Å². The molecule has 1 N–H and O–H groups in total. The van der Waals surface area contributed by atoms with Gasteiger partial charge < -0.3 is 33.6 Å². The maximum Gasteiger partial charge on any atom is 0.253 e. The van der Waals surface area contributed by atoms with Crippen molar-refractivity contribution in [3.8, 4) is 22.9 Å². The molecule has 0 radical (unpaired) electrons. The molecule has 47 heavy (non-hydrogen) atoms. The number of aryl methyl sites for hydroxylation is 1. The lowest BCUT2D eigenvalue weighted by molar-refractivity contribution is 0.312. The zero-order chi connectivity index (χ0) is 32.4. The second-order valence-corrected chi connectivity index (χ2v) is 12.7. The number of likely N-dealkylation sites (N-methyl/N-ethyl adjacent to an activating group) is 1. The first-order chi connectivity index (χ1) is 22.8. The van der Waals surface area contributed by atoms with Gasteiger partial charge in [-0.1, -0.05) is 0 Å². The summed E-state index contributed by atoms with van der Waals surface area (Å²) in [6, 6.07) is 6.28. The van der Waals surface area contributed by atoms with Crippen molar-refractivity contribution in [1.29, 1.82) is 0 Å². The number of piperazine rings is 2. The van der Waals surface area contributed by atoms with E-state index in [1.807, 2.05) is 32.9 Å². The molecule has 3 fully saturated rings. The van der Waals surface area contributed by atoms with Crippen LogP contribution >= 0.6 is 0 Å². The number of halogens is 2. The average Bonchev–Trinajstić information content (AvgIpc) is 3.82. The summed E-state index contributed by atoms with van der Waals surface area (Å²) in [4.78, 5) is 33.8. The average molecular weight is 643 g/mol. The predicted molar refractivity (Wildman–Crippen MR) is 177 cm³/mol. The molecule has 0 amide bonds. The van der Waals surface area contributed by atoms with Gasteiger partial charge in [0.2, 0.25) is 10.9 Å². The standard InChI is InChI=1S/C34H36F2N8O3/c1-3-41-18-23(31(45)21-14-25(35)29(16-27(21)41)43-12-10-40(2)11-13-43)33-38-39-34(47-33)24-19-44(20-4-5-20)28-17-30(42-8-6-37-7-9-42)26(36)15-22(28)32(24)46/h14-20,37H,3-13H2,1-2H3. The van der Waals surface area contributed by atoms with Crippen LogP contribution in [0.2, 0.25) is 0 Å². The highest BCUT2D eigenvalue weighted by molar-refractivity contribution is 5.88. The van der Waals surface area contributed by atoms with Crippen LogP contribution in [0.25, 0.3) is 44.7 Å². The molecule has 5 heterocycles. The number of anilines is 2. The normalized spacial score (nSPS) is 17.7. The molecule has 1 saturated carbocycles. The number of fused-ring (bicyclic) bond motifs is 2. The third kappa shape index (κ3) is 5.17. The highest BCUT2D eigenvalue weighted by Gasteiger charge is 2.29. The van der Waals surface area contributed by atoms with E-state index < -0.39 is 22.5 Å². The third-order valence-corrected chi connectivity index (χ3v) is 9.72. The van der Waals surface area contributed by atoms with Crippen molar-refractivity contribution in [2.45, 2.75) is 32.4 Å². The highest BCUT2D eigenvalue weighted by atomic mass is 19.1. The van der Waals surface area contributed by atoms with Gasteiger partial charge in [0.25, 0.3) is 11.8 Å². The molecule has 2 saturated heterocycles. The molecule has 244 valence electrons. The molecule has 3 aliphatic rings. The fourth-order valence-corrected chi connectivity index (χ4v) is 6.86. The van der Waals surface area contributed by atoms with Crippen LogP contribution in [0.1, 0.15) is 25.8 Å². The molecule has 3 aromatic heterocycles. The lowest BCUT2D eigenvalue weighted by Crippen LogP contribution is -2.44. The SMILES string of the molecule is CCn1cc(-c2nnc(-c3cn(C4CC4)c4cc(N5CCNCC5)c(F)cc4c3=O)o2)c(=O)c2cc(F)c(N3CCN(C)CC3)cc21. The highest BCUT2D eigenvalue weighted by Crippen LogP contribution is 2.39. The van der Waals surface area contributed by atoms with Crippen LogP contribution in [-0.2, 0) is 6.54 Å². The van der Waals surface area contributed by atoms with Crippen LogP contribution in [0.15, 0.2) is 50.7 Å². The zero-order valence-electron chi connectivity index (χ0n) is 26.4. The zero-order valence-corrected chi connectivity index (χ0v) is 26.4. The van der Waals surface area contributed by atoms with Gasteiger partial charge in [0.1, 0.15) is 22.8 Å². The Bertz CT molecular complexity index is 2140. The number of nitrogens with one attached hydrogen (secondary N) is 1. The molecular formula is C34H36F2N8O3. The van der Waals surface area contributed by atoms with E-state index in [-0.39, 0.29) is 39.7 Å². The van der Waals surface area contributed by atoms with E-state index in [0.29, 0.717) is 55.1 Å². The summed E-state index contributed by atoms with van der Waals surface area (Å²) in [5, 5.41) is 12.0. The summed E-state index contributed by atoms with van der Waals surface area (Å²) in [7, 11) is 2.04. The minimum Gasteiger partial charge on any atom is -0.416 e. The molecule has 0 spiro atoms. The van der Waals surface area contributed by atoms with E-state index in [0.717, 1.165) is 39.0 Å². The van der Waals surface area contributed by atoms with Crippen LogP contribution < -0.4 is 26.0 Å². The van der Waals surface area contributed by atoms with Crippen molar-refractivity contribution >= 4 is 33.2 Å². The molecule has 1 aliphatic carbocycles. The number of benzene rings is 2. The van der Waals surface area contributed by atoms with Crippen molar-refractivity contribution in [1.82, 2.24) is 29.5 Å². The Morgan fingerprint density at radius 3 is 1.94 bits per heavy atom. The molecule has 2 aromatic carbocycles. The molecule has 13 heteroatoms. The number of hydrogen-bond acceptors (Lipinski definition) is 9. The molecule has 11 nitrogen and oxygen atoms in total. The second kappa shape index (κ2) is 11.6. The Labute approximate surface area is 269 Å². The fraction of sp³-hybridized carbons (Fsp3) is 0.412. The Morgan fingerprint density at radius 2 is 1.34 bits per heavy atom. The van der Waals surface area contributed by atoms with Gasteiger partial charge in [-0.2, -0.15) is 0 Å². The van der Waals surface area contributed by atoms with Crippen molar-refractivity contribution < 1.29 is 13.2 Å². The minimum atomic E-state index is -0.464. The summed E-state index contributed by atoms with van der Waals surface area (Å²) >= 11 is 0. The molecule has 2 aliphatic heterocycles. The monoisotopic (exact) mass is 642 g/mol. The number of aromatic nitrogens is 4. The maximum absolute atomic E-state index is 15.5. The minimum absolute atomic E-state index is 0.0629. The van der Waals surface area contributed by atoms with Gasteiger partial charge in [-0.3, -0.25) is 9.59 Å². The van der Waals surface area contributed by atoms with E-state index in [2.05, 4.69) is 20.4 Å². The number of nitrogens with zero attached hydrogens (tertiary/aromatic N) is 7. The lowest BCUT2D eigenvalue weighted by atomic mass is 10.1. The van der Waals surface area contributed by atoms with E-state index in [1.165, 1.54) is 12.1 Å². The first-order valence-electron chi connectivity index (χ1n) is 16.3. The molecule has 0 unspecified atom stereocenters. The van der Waals surface area contributed by atoms with Gasteiger partial charge >= 0.3 is 0 Å². The van der Waals surface area contributed by atoms with E-state index >= 15 is 8.78 Å². The second-order valence-electron chi connectivity index (χ2n) is 12.7. The van der Waals surface area contributed by atoms with Gasteiger partial charge in [0.15, 0.2) is 0 Å². The van der Waals surface area contributed by atoms with Gasteiger partial charge in [-0.05, 0) is 51.1 Å². The Morgan fingerprint density at radius 1 is 0.787 bits per heavy atom. The van der Waals surface area contributed by atoms with Crippen LogP contribution in [0.4, 0.5) is 20.2 Å². The summed E-state index contributed by atoms with van der Waals surface area (Å²) in [6.45, 7) is 8.37. The van der Waals surface area contributed by atoms with Crippen molar-refractivity contribution in [2.75, 3.05) is 69.2 Å². The van der Waals surface area contributed by atoms with Gasteiger partial charge in [-0.15, -0.1) is 10.2 Å². The first kappa shape index (κ1) is 29.8. The molecule has 8 rings (SSSR count). The van der Waals surface area contributed by atoms with Crippen molar-refractivity contribution in [2.24, 2.45) is 0 Å². The maximum atomic E-state index is 15.5. The third-order valence-electron chi connectivity index (χ3n) is 9.72. The Kier molecular flexibility index (Phi) is 7.32. The largest absolute Gasteiger partial charge is 0.416 e. The number of rotatable bonds is 6. The summed E-state index contributed by atoms with van der Waals surface area (Å²) < 4.78 is 40.9. The molecule has 0 atom stereocenters. The topological polar surface area (TPSA) is 105 Å². The number of pyridine rings is 2. The van der Waals surface area contributed by atoms with Crippen molar-refractivity contribution in [3.05, 3.63) is 68.7 Å². The van der Waals surface area contributed by atoms with Gasteiger partial charge in [-0.25, -0.2) is 8.78 Å². The van der Waals surface area contributed by atoms with Crippen molar-refractivity contribution in [3.63, 3.8) is 0 Å². The summed E-state index contributed by atoms with van der Waals surface area (Å²) in [5.74, 6) is -1.06. The first-order valence-corrected chi connectivity index (χ1v) is 16.3. The fourth-order valence-electron chi connectivity index (χ4n) is 6.86. The lowest BCUT2D eigenvalue weighted by Gasteiger charge is -2.34. The molecule has 5 aromatic rings. The predicted octanol–water partition coefficient (Wildman–Crippen LogP) is 3.83. The Balaban J connectivity index is 1.20. The molecule has 0 bridgehead atoms. The quantitative estimate of drug-likeness (QED) is 0.296. The summed E-state index contributed by atoms with van der Waals surface area (Å²) in [6.07, 6.45) is 5.23. The summed E-state index contributed by atoms with van der Waals surface area (Å²) in [5.41, 5.74) is 1.60. The number of hydrogen-bond donors (Lipinski definition) is 1. The smallest absolute Gasteiger partial charge is 0.253 e. The Hall–Kier alpha value is -4.62. The van der Waals surface area contributed by atoms with E-state index in [1.54, 1.807) is 24.5 Å². The molecular weight excluding hydrogens is 606 g/mol. The van der Waals surface area contributed by atoms with Crippen LogP contribution in [0, 0.1) is 11.6 Å². The van der Waals surface area contributed by atoms with E-state index in [9.17, 15) is 9.59 Å².